The smallest absolute Gasteiger partial charge is 0.244 e. The molecule has 0 saturated heterocycles. The SMILES string of the molecule is COc1ccc(CC(=O)N/N=C/c2ccccc2O)cc1. The molecule has 5 nitrogen and oxygen atoms in total. The minimum absolute atomic E-state index is 0.116. The molecule has 21 heavy (non-hydrogen) atoms. The Morgan fingerprint density at radius 2 is 1.95 bits per heavy atom. The first-order valence-corrected chi connectivity index (χ1v) is 6.42. The number of para-hydroxylation sites is 1. The van der Waals surface area contributed by atoms with Gasteiger partial charge in [0.25, 0.3) is 0 Å². The number of hydrogen-bond donors (Lipinski definition) is 2. The number of amides is 1. The third-order valence-corrected chi connectivity index (χ3v) is 2.85. The maximum absolute atomic E-state index is 11.7. The van der Waals surface area contributed by atoms with Gasteiger partial charge in [0.05, 0.1) is 19.7 Å². The Balaban J connectivity index is 1.88. The molecule has 2 N–H and O–H groups in total. The zero-order valence-electron chi connectivity index (χ0n) is 11.6. The molecule has 0 aromatic heterocycles. The van der Waals surface area contributed by atoms with Gasteiger partial charge >= 0.3 is 0 Å². The number of methoxy groups -OCH3 is 1. The molecule has 2 aromatic rings. The van der Waals surface area contributed by atoms with Crippen LogP contribution in [0.5, 0.6) is 11.5 Å². The van der Waals surface area contributed by atoms with Crippen LogP contribution in [0.25, 0.3) is 0 Å². The third kappa shape index (κ3) is 4.35. The molecule has 5 heteroatoms. The summed E-state index contributed by atoms with van der Waals surface area (Å²) in [6.45, 7) is 0. The zero-order chi connectivity index (χ0) is 15.1. The molecule has 0 atom stereocenters. The van der Waals surface area contributed by atoms with Gasteiger partial charge in [0.1, 0.15) is 11.5 Å². The molecular formula is C16H16N2O3. The molecule has 0 saturated carbocycles. The van der Waals surface area contributed by atoms with Crippen molar-refractivity contribution in [2.75, 3.05) is 7.11 Å². The van der Waals surface area contributed by atoms with Gasteiger partial charge < -0.3 is 9.84 Å². The first kappa shape index (κ1) is 14.6. The van der Waals surface area contributed by atoms with E-state index in [-0.39, 0.29) is 18.1 Å². The fourth-order valence-corrected chi connectivity index (χ4v) is 1.74. The van der Waals surface area contributed by atoms with E-state index in [1.54, 1.807) is 43.5 Å². The van der Waals surface area contributed by atoms with Gasteiger partial charge in [-0.05, 0) is 29.8 Å². The number of hydrogen-bond acceptors (Lipinski definition) is 4. The quantitative estimate of drug-likeness (QED) is 0.652. The predicted octanol–water partition coefficient (Wildman–Crippen LogP) is 2.09. The number of hydrazone groups is 1. The van der Waals surface area contributed by atoms with Crippen LogP contribution < -0.4 is 10.2 Å². The fourth-order valence-electron chi connectivity index (χ4n) is 1.74. The van der Waals surface area contributed by atoms with E-state index in [9.17, 15) is 9.90 Å². The number of benzene rings is 2. The van der Waals surface area contributed by atoms with E-state index in [2.05, 4.69) is 10.5 Å². The Morgan fingerprint density at radius 3 is 2.62 bits per heavy atom. The Labute approximate surface area is 122 Å². The van der Waals surface area contributed by atoms with Crippen LogP contribution in [0.4, 0.5) is 0 Å². The highest BCUT2D eigenvalue weighted by molar-refractivity contribution is 5.85. The van der Waals surface area contributed by atoms with E-state index < -0.39 is 0 Å². The highest BCUT2D eigenvalue weighted by Crippen LogP contribution is 2.13. The molecule has 0 aliphatic heterocycles. The third-order valence-electron chi connectivity index (χ3n) is 2.85. The van der Waals surface area contributed by atoms with Crippen molar-refractivity contribution in [3.05, 3.63) is 59.7 Å². The van der Waals surface area contributed by atoms with Crippen LogP contribution in [0.1, 0.15) is 11.1 Å². The lowest BCUT2D eigenvalue weighted by Crippen LogP contribution is -2.19. The predicted molar refractivity (Wildman–Crippen MR) is 80.5 cm³/mol. The molecule has 0 radical (unpaired) electrons. The van der Waals surface area contributed by atoms with E-state index in [0.29, 0.717) is 5.56 Å². The number of nitrogens with one attached hydrogen (secondary N) is 1. The lowest BCUT2D eigenvalue weighted by molar-refractivity contribution is -0.120. The Kier molecular flexibility index (Phi) is 4.93. The minimum Gasteiger partial charge on any atom is -0.507 e. The van der Waals surface area contributed by atoms with Gasteiger partial charge in [-0.25, -0.2) is 5.43 Å². The summed E-state index contributed by atoms with van der Waals surface area (Å²) in [6, 6.07) is 14.0. The van der Waals surface area contributed by atoms with Crippen LogP contribution in [0.3, 0.4) is 0 Å². The topological polar surface area (TPSA) is 70.9 Å². The van der Waals surface area contributed by atoms with Gasteiger partial charge in [-0.15, -0.1) is 0 Å². The maximum atomic E-state index is 11.7. The summed E-state index contributed by atoms with van der Waals surface area (Å²) in [7, 11) is 1.59. The number of phenols is 1. The van der Waals surface area contributed by atoms with Crippen LogP contribution in [0.15, 0.2) is 53.6 Å². The van der Waals surface area contributed by atoms with Crippen LogP contribution in [0.2, 0.25) is 0 Å². The zero-order valence-corrected chi connectivity index (χ0v) is 11.6. The highest BCUT2D eigenvalue weighted by Gasteiger charge is 2.02. The molecule has 2 rings (SSSR count). The van der Waals surface area contributed by atoms with Gasteiger partial charge in [-0.1, -0.05) is 24.3 Å². The van der Waals surface area contributed by atoms with Crippen molar-refractivity contribution < 1.29 is 14.6 Å². The molecule has 108 valence electrons. The average Bonchev–Trinajstić information content (AvgIpc) is 2.50. The number of carbonyl (C=O) groups is 1. The standard InChI is InChI=1S/C16H16N2O3/c1-21-14-8-6-12(7-9-14)10-16(20)18-17-11-13-4-2-3-5-15(13)19/h2-9,11,19H,10H2,1H3,(H,18,20)/b17-11+. The van der Waals surface area contributed by atoms with Crippen LogP contribution in [-0.2, 0) is 11.2 Å². The van der Waals surface area contributed by atoms with Gasteiger partial charge in [-0.2, -0.15) is 5.10 Å². The Hall–Kier alpha value is -2.82. The summed E-state index contributed by atoms with van der Waals surface area (Å²) in [5.74, 6) is 0.634. The number of aromatic hydroxyl groups is 1. The Bertz CT molecular complexity index is 636. The summed E-state index contributed by atoms with van der Waals surface area (Å²) in [6.07, 6.45) is 1.63. The maximum Gasteiger partial charge on any atom is 0.244 e. The lowest BCUT2D eigenvalue weighted by Gasteiger charge is -2.03. The van der Waals surface area contributed by atoms with Crippen molar-refractivity contribution >= 4 is 12.1 Å². The molecule has 2 aromatic carbocycles. The monoisotopic (exact) mass is 284 g/mol. The molecule has 0 unspecified atom stereocenters. The highest BCUT2D eigenvalue weighted by atomic mass is 16.5. The summed E-state index contributed by atoms with van der Waals surface area (Å²) in [4.78, 5) is 11.7. The number of ether oxygens (including phenoxy) is 1. The first-order valence-electron chi connectivity index (χ1n) is 6.42. The summed E-state index contributed by atoms with van der Waals surface area (Å²) >= 11 is 0. The van der Waals surface area contributed by atoms with Gasteiger partial charge in [0.15, 0.2) is 0 Å². The largest absolute Gasteiger partial charge is 0.507 e. The Morgan fingerprint density at radius 1 is 1.24 bits per heavy atom. The average molecular weight is 284 g/mol. The van der Waals surface area contributed by atoms with Crippen molar-refractivity contribution in [1.29, 1.82) is 0 Å². The number of carbonyl (C=O) groups excluding carboxylic acids is 1. The molecule has 0 fully saturated rings. The van der Waals surface area contributed by atoms with E-state index in [4.69, 9.17) is 4.74 Å². The van der Waals surface area contributed by atoms with Gasteiger partial charge in [0.2, 0.25) is 5.91 Å². The second kappa shape index (κ2) is 7.09. The normalized spacial score (nSPS) is 10.5. The van der Waals surface area contributed by atoms with E-state index in [1.807, 2.05) is 12.1 Å². The molecule has 0 aliphatic rings. The molecular weight excluding hydrogens is 268 g/mol. The van der Waals surface area contributed by atoms with Gasteiger partial charge in [-0.3, -0.25) is 4.79 Å². The lowest BCUT2D eigenvalue weighted by atomic mass is 10.1. The second-order valence-corrected chi connectivity index (χ2v) is 4.38. The molecule has 0 spiro atoms. The van der Waals surface area contributed by atoms with Crippen molar-refractivity contribution in [3.8, 4) is 11.5 Å². The molecule has 1 amide bonds. The van der Waals surface area contributed by atoms with E-state index in [0.717, 1.165) is 11.3 Å². The molecule has 0 heterocycles. The molecule has 0 bridgehead atoms. The summed E-state index contributed by atoms with van der Waals surface area (Å²) < 4.78 is 5.05. The van der Waals surface area contributed by atoms with Gasteiger partial charge in [0, 0.05) is 5.56 Å². The second-order valence-electron chi connectivity index (χ2n) is 4.38. The molecule has 0 aliphatic carbocycles. The van der Waals surface area contributed by atoms with Crippen LogP contribution >= 0.6 is 0 Å². The number of nitrogens with zero attached hydrogens (tertiary/aromatic N) is 1. The minimum atomic E-state index is -0.230. The van der Waals surface area contributed by atoms with Crippen molar-refractivity contribution in [3.63, 3.8) is 0 Å². The number of phenolic OH excluding ortho intramolecular Hbond substituents is 1. The van der Waals surface area contributed by atoms with E-state index >= 15 is 0 Å². The van der Waals surface area contributed by atoms with Crippen molar-refractivity contribution in [2.24, 2.45) is 5.10 Å². The fraction of sp³-hybridized carbons (Fsp3) is 0.125. The summed E-state index contributed by atoms with van der Waals surface area (Å²) in [5, 5.41) is 13.4. The van der Waals surface area contributed by atoms with Crippen LogP contribution in [-0.4, -0.2) is 24.3 Å². The first-order chi connectivity index (χ1) is 10.2. The van der Waals surface area contributed by atoms with Crippen molar-refractivity contribution in [1.82, 2.24) is 5.43 Å². The van der Waals surface area contributed by atoms with Crippen molar-refractivity contribution in [2.45, 2.75) is 6.42 Å². The van der Waals surface area contributed by atoms with Crippen LogP contribution in [0, 0.1) is 0 Å². The van der Waals surface area contributed by atoms with E-state index in [1.165, 1.54) is 6.21 Å². The summed E-state index contributed by atoms with van der Waals surface area (Å²) in [5.41, 5.74) is 3.83. The number of rotatable bonds is 5.